The maximum atomic E-state index is 12.1. The Balaban J connectivity index is 1.79. The average Bonchev–Trinajstić information content (AvgIpc) is 2.87. The highest BCUT2D eigenvalue weighted by molar-refractivity contribution is 5.76. The van der Waals surface area contributed by atoms with Crippen LogP contribution < -0.4 is 5.73 Å². The molecule has 1 aromatic rings. The Hall–Kier alpha value is -1.42. The molecule has 0 bridgehead atoms. The zero-order valence-corrected chi connectivity index (χ0v) is 10.9. The van der Waals surface area contributed by atoms with Gasteiger partial charge in [-0.1, -0.05) is 6.07 Å². The van der Waals surface area contributed by atoms with Crippen LogP contribution in [0.15, 0.2) is 24.5 Å². The minimum atomic E-state index is 0.182. The summed E-state index contributed by atoms with van der Waals surface area (Å²) in [5.41, 5.74) is 7.00. The molecule has 0 aliphatic carbocycles. The maximum Gasteiger partial charge on any atom is 0.222 e. The predicted octanol–water partition coefficient (Wildman–Crippen LogP) is 1.21. The Morgan fingerprint density at radius 3 is 3.11 bits per heavy atom. The lowest BCUT2D eigenvalue weighted by atomic mass is 10.0. The lowest BCUT2D eigenvalue weighted by molar-refractivity contribution is -0.130. The van der Waals surface area contributed by atoms with Gasteiger partial charge in [0.15, 0.2) is 0 Å². The first-order valence-electron chi connectivity index (χ1n) is 6.59. The SMILES string of the molecule is CC(N)C1CCN(C(=O)CCc2cccnc2)C1. The predicted molar refractivity (Wildman–Crippen MR) is 70.9 cm³/mol. The number of likely N-dealkylation sites (tertiary alicyclic amines) is 1. The van der Waals surface area contributed by atoms with Gasteiger partial charge in [-0.3, -0.25) is 9.78 Å². The lowest BCUT2D eigenvalue weighted by Gasteiger charge is -2.18. The molecule has 18 heavy (non-hydrogen) atoms. The number of hydrogen-bond donors (Lipinski definition) is 1. The van der Waals surface area contributed by atoms with Gasteiger partial charge >= 0.3 is 0 Å². The normalized spacial score (nSPS) is 21.0. The zero-order valence-electron chi connectivity index (χ0n) is 10.9. The minimum Gasteiger partial charge on any atom is -0.342 e. The molecule has 4 nitrogen and oxygen atoms in total. The molecule has 1 fully saturated rings. The maximum absolute atomic E-state index is 12.1. The van der Waals surface area contributed by atoms with Crippen LogP contribution in [0.1, 0.15) is 25.3 Å². The van der Waals surface area contributed by atoms with Crippen molar-refractivity contribution in [2.24, 2.45) is 11.7 Å². The quantitative estimate of drug-likeness (QED) is 0.870. The lowest BCUT2D eigenvalue weighted by Crippen LogP contribution is -2.33. The second kappa shape index (κ2) is 5.96. The van der Waals surface area contributed by atoms with Gasteiger partial charge in [0.2, 0.25) is 5.91 Å². The van der Waals surface area contributed by atoms with Crippen LogP contribution in [0.5, 0.6) is 0 Å². The van der Waals surface area contributed by atoms with Crippen molar-refractivity contribution in [2.75, 3.05) is 13.1 Å². The van der Waals surface area contributed by atoms with Crippen molar-refractivity contribution in [2.45, 2.75) is 32.2 Å². The van der Waals surface area contributed by atoms with E-state index in [2.05, 4.69) is 4.98 Å². The number of pyridine rings is 1. The van der Waals surface area contributed by atoms with Crippen molar-refractivity contribution in [3.05, 3.63) is 30.1 Å². The van der Waals surface area contributed by atoms with E-state index in [1.165, 1.54) is 0 Å². The van der Waals surface area contributed by atoms with Crippen molar-refractivity contribution in [1.29, 1.82) is 0 Å². The summed E-state index contributed by atoms with van der Waals surface area (Å²) in [6.45, 7) is 3.70. The van der Waals surface area contributed by atoms with Gasteiger partial charge in [0.1, 0.15) is 0 Å². The van der Waals surface area contributed by atoms with Crippen LogP contribution in [0, 0.1) is 5.92 Å². The van der Waals surface area contributed by atoms with Gasteiger partial charge in [0, 0.05) is 37.9 Å². The van der Waals surface area contributed by atoms with E-state index in [0.29, 0.717) is 12.3 Å². The number of rotatable bonds is 4. The molecule has 2 N–H and O–H groups in total. The standard InChI is InChI=1S/C14H21N3O/c1-11(15)13-6-8-17(10-13)14(18)5-4-12-3-2-7-16-9-12/h2-3,7,9,11,13H,4-6,8,10,15H2,1H3. The zero-order chi connectivity index (χ0) is 13.0. The molecular formula is C14H21N3O. The molecule has 4 heteroatoms. The van der Waals surface area contributed by atoms with Crippen LogP contribution in [0.25, 0.3) is 0 Å². The van der Waals surface area contributed by atoms with Crippen LogP contribution in [0.2, 0.25) is 0 Å². The number of aromatic nitrogens is 1. The highest BCUT2D eigenvalue weighted by Gasteiger charge is 2.27. The largest absolute Gasteiger partial charge is 0.342 e. The number of hydrogen-bond acceptors (Lipinski definition) is 3. The van der Waals surface area contributed by atoms with Crippen LogP contribution >= 0.6 is 0 Å². The molecule has 2 atom stereocenters. The van der Waals surface area contributed by atoms with E-state index >= 15 is 0 Å². The Morgan fingerprint density at radius 2 is 2.50 bits per heavy atom. The molecule has 0 spiro atoms. The third-order valence-corrected chi connectivity index (χ3v) is 3.67. The molecule has 98 valence electrons. The molecule has 2 unspecified atom stereocenters. The number of nitrogens with zero attached hydrogens (tertiary/aromatic N) is 2. The third-order valence-electron chi connectivity index (χ3n) is 3.67. The Morgan fingerprint density at radius 1 is 1.67 bits per heavy atom. The van der Waals surface area contributed by atoms with E-state index in [-0.39, 0.29) is 11.9 Å². The van der Waals surface area contributed by atoms with Gasteiger partial charge in [-0.05, 0) is 37.3 Å². The minimum absolute atomic E-state index is 0.182. The highest BCUT2D eigenvalue weighted by Crippen LogP contribution is 2.19. The molecule has 1 amide bonds. The fraction of sp³-hybridized carbons (Fsp3) is 0.571. The molecule has 2 rings (SSSR count). The van der Waals surface area contributed by atoms with Gasteiger partial charge < -0.3 is 10.6 Å². The first-order chi connectivity index (χ1) is 8.66. The first kappa shape index (κ1) is 13.0. The molecular weight excluding hydrogens is 226 g/mol. The van der Waals surface area contributed by atoms with E-state index in [9.17, 15) is 4.79 Å². The summed E-state index contributed by atoms with van der Waals surface area (Å²) in [5, 5.41) is 0. The van der Waals surface area contributed by atoms with E-state index < -0.39 is 0 Å². The summed E-state index contributed by atoms with van der Waals surface area (Å²) in [4.78, 5) is 18.1. The van der Waals surface area contributed by atoms with Gasteiger partial charge in [0.25, 0.3) is 0 Å². The van der Waals surface area contributed by atoms with Gasteiger partial charge in [-0.15, -0.1) is 0 Å². The first-order valence-corrected chi connectivity index (χ1v) is 6.59. The summed E-state index contributed by atoms with van der Waals surface area (Å²) in [6, 6.07) is 4.10. The van der Waals surface area contributed by atoms with Gasteiger partial charge in [-0.2, -0.15) is 0 Å². The number of amides is 1. The van der Waals surface area contributed by atoms with Crippen LogP contribution in [0.4, 0.5) is 0 Å². The van der Waals surface area contributed by atoms with E-state index in [1.807, 2.05) is 30.2 Å². The fourth-order valence-corrected chi connectivity index (χ4v) is 2.40. The van der Waals surface area contributed by atoms with Gasteiger partial charge in [0.05, 0.1) is 0 Å². The van der Waals surface area contributed by atoms with Crippen LogP contribution in [-0.4, -0.2) is 34.9 Å². The average molecular weight is 247 g/mol. The van der Waals surface area contributed by atoms with Crippen LogP contribution in [0.3, 0.4) is 0 Å². The Labute approximate surface area is 108 Å². The van der Waals surface area contributed by atoms with Crippen molar-refractivity contribution in [1.82, 2.24) is 9.88 Å². The Bertz CT molecular complexity index is 391. The number of nitrogens with two attached hydrogens (primary N) is 1. The van der Waals surface area contributed by atoms with Crippen molar-refractivity contribution in [3.63, 3.8) is 0 Å². The number of aryl methyl sites for hydroxylation is 1. The smallest absolute Gasteiger partial charge is 0.222 e. The topological polar surface area (TPSA) is 59.2 Å². The monoisotopic (exact) mass is 247 g/mol. The summed E-state index contributed by atoms with van der Waals surface area (Å²) in [6.07, 6.45) is 5.95. The number of carbonyl (C=O) groups is 1. The summed E-state index contributed by atoms with van der Waals surface area (Å²) >= 11 is 0. The molecule has 0 aromatic carbocycles. The van der Waals surface area contributed by atoms with Gasteiger partial charge in [-0.25, -0.2) is 0 Å². The molecule has 1 saturated heterocycles. The second-order valence-electron chi connectivity index (χ2n) is 5.11. The van der Waals surface area contributed by atoms with E-state index in [4.69, 9.17) is 5.73 Å². The van der Waals surface area contributed by atoms with Crippen molar-refractivity contribution in [3.8, 4) is 0 Å². The van der Waals surface area contributed by atoms with Crippen molar-refractivity contribution < 1.29 is 4.79 Å². The molecule has 0 radical (unpaired) electrons. The molecule has 1 aliphatic heterocycles. The molecule has 2 heterocycles. The highest BCUT2D eigenvalue weighted by atomic mass is 16.2. The van der Waals surface area contributed by atoms with E-state index in [1.54, 1.807) is 6.20 Å². The molecule has 0 saturated carbocycles. The van der Waals surface area contributed by atoms with E-state index in [0.717, 1.165) is 31.5 Å². The third kappa shape index (κ3) is 3.29. The van der Waals surface area contributed by atoms with Crippen molar-refractivity contribution >= 4 is 5.91 Å². The number of carbonyl (C=O) groups excluding carboxylic acids is 1. The Kier molecular flexibility index (Phi) is 4.31. The van der Waals surface area contributed by atoms with Crippen LogP contribution in [-0.2, 0) is 11.2 Å². The molecule has 1 aromatic heterocycles. The summed E-state index contributed by atoms with van der Waals surface area (Å²) < 4.78 is 0. The fourth-order valence-electron chi connectivity index (χ4n) is 2.40. The second-order valence-corrected chi connectivity index (χ2v) is 5.11. The molecule has 1 aliphatic rings. The summed E-state index contributed by atoms with van der Waals surface area (Å²) in [5.74, 6) is 0.703. The summed E-state index contributed by atoms with van der Waals surface area (Å²) in [7, 11) is 0.